The van der Waals surface area contributed by atoms with Crippen LogP contribution < -0.4 is 5.32 Å². The van der Waals surface area contributed by atoms with E-state index in [4.69, 9.17) is 0 Å². The average molecular weight is 692 g/mol. The number of rotatable bonds is 8. The topological polar surface area (TPSA) is 72.9 Å². The minimum atomic E-state index is -1.25. The zero-order chi connectivity index (χ0) is 36.1. The zero-order valence-electron chi connectivity index (χ0n) is 32.3. The highest BCUT2D eigenvalue weighted by Gasteiger charge is 2.70. The highest BCUT2D eigenvalue weighted by Crippen LogP contribution is 2.76. The van der Waals surface area contributed by atoms with Crippen molar-refractivity contribution in [1.29, 1.82) is 0 Å². The lowest BCUT2D eigenvalue weighted by atomic mass is 9.33. The second kappa shape index (κ2) is 12.2. The molecule has 278 valence electrons. The zero-order valence-corrected chi connectivity index (χ0v) is 32.3. The number of nitrogens with one attached hydrogen (secondary N) is 1. The molecule has 1 heterocycles. The van der Waals surface area contributed by atoms with E-state index < -0.39 is 18.1 Å². The van der Waals surface area contributed by atoms with Crippen LogP contribution in [0.2, 0.25) is 0 Å². The molecule has 50 heavy (non-hydrogen) atoms. The maximum atomic E-state index is 14.0. The number of allylic oxidation sites excluding steroid dienone is 5. The van der Waals surface area contributed by atoms with Gasteiger partial charge in [-0.1, -0.05) is 58.9 Å². The molecule has 0 radical (unpaired) electrons. The van der Waals surface area contributed by atoms with Crippen molar-refractivity contribution in [2.45, 2.75) is 124 Å². The summed E-state index contributed by atoms with van der Waals surface area (Å²) in [6.07, 6.45) is 17.0. The summed E-state index contributed by atoms with van der Waals surface area (Å²) in [5, 5.41) is 14.0. The van der Waals surface area contributed by atoms with Crippen LogP contribution in [0, 0.1) is 56.7 Å². The van der Waals surface area contributed by atoms with Gasteiger partial charge >= 0.3 is 12.0 Å². The Bertz CT molecular complexity index is 1490. The Kier molecular flexibility index (Phi) is 8.84. The fourth-order valence-electron chi connectivity index (χ4n) is 14.5. The fourth-order valence-corrected chi connectivity index (χ4v) is 14.5. The van der Waals surface area contributed by atoms with E-state index in [2.05, 4.69) is 65.6 Å². The number of carbonyl (C=O) groups excluding carboxylic acids is 1. The van der Waals surface area contributed by atoms with E-state index in [1.165, 1.54) is 68.1 Å². The molecule has 6 aliphatic carbocycles. The lowest BCUT2D eigenvalue weighted by molar-refractivity contribution is -0.221. The summed E-state index contributed by atoms with van der Waals surface area (Å²) in [6, 6.07) is 0.166. The van der Waals surface area contributed by atoms with Crippen LogP contribution in [0.15, 0.2) is 35.5 Å². The Morgan fingerprint density at radius 1 is 0.960 bits per heavy atom. The summed E-state index contributed by atoms with van der Waals surface area (Å²) >= 11 is 0. The first-order valence-corrected chi connectivity index (χ1v) is 20.1. The summed E-state index contributed by atoms with van der Waals surface area (Å²) in [4.78, 5) is 28.5. The molecule has 0 spiro atoms. The van der Waals surface area contributed by atoms with Crippen LogP contribution in [0.3, 0.4) is 0 Å². The van der Waals surface area contributed by atoms with Crippen molar-refractivity contribution in [2.24, 2.45) is 56.7 Å². The van der Waals surface area contributed by atoms with Crippen LogP contribution in [0.1, 0.15) is 119 Å². The van der Waals surface area contributed by atoms with Gasteiger partial charge in [-0.25, -0.2) is 9.18 Å². The molecule has 7 aliphatic rings. The fraction of sp³-hybridized carbons (Fsp3) is 0.814. The van der Waals surface area contributed by atoms with Gasteiger partial charge in [0.2, 0.25) is 0 Å². The minimum Gasteiger partial charge on any atom is -0.481 e. The highest BCUT2D eigenvalue weighted by molar-refractivity contribution is 5.76. The second-order valence-corrected chi connectivity index (χ2v) is 19.7. The van der Waals surface area contributed by atoms with Crippen molar-refractivity contribution in [1.82, 2.24) is 15.1 Å². The molecule has 5 fully saturated rings. The standard InChI is InChI=1S/C43H66FN3O3/c1-28(2)30-13-20-43(45-23-24-47-26-25-46(8)37(47)50)22-21-40(6)32(35(30)43)9-10-34-39(5)16-14-31(38(3,4)33(39)15-17-41(34,40)7)29-11-18-42(27-44,19-12-29)36(48)49/h11,14,30,32-35,45H,1,9-10,12-13,15-27H2,2-8H3,(H,48,49)/t30?,32-,33+,34-,35-,39+,40-,41-,42+,43+/m1/s1. The van der Waals surface area contributed by atoms with Crippen molar-refractivity contribution >= 4 is 12.0 Å². The van der Waals surface area contributed by atoms with E-state index in [1.807, 2.05) is 16.8 Å². The van der Waals surface area contributed by atoms with E-state index in [0.717, 1.165) is 32.6 Å². The molecule has 0 aromatic heterocycles. The highest BCUT2D eigenvalue weighted by atomic mass is 19.1. The number of hydrogen-bond donors (Lipinski definition) is 2. The van der Waals surface area contributed by atoms with Crippen LogP contribution >= 0.6 is 0 Å². The smallest absolute Gasteiger partial charge is 0.319 e. The summed E-state index contributed by atoms with van der Waals surface area (Å²) < 4.78 is 14.0. The lowest BCUT2D eigenvalue weighted by Crippen LogP contribution is -2.68. The number of fused-ring (bicyclic) bond motifs is 7. The summed E-state index contributed by atoms with van der Waals surface area (Å²) in [5.41, 5.74) is 3.64. The largest absolute Gasteiger partial charge is 0.481 e. The van der Waals surface area contributed by atoms with Crippen LogP contribution in [-0.4, -0.2) is 72.3 Å². The molecule has 2 amide bonds. The lowest BCUT2D eigenvalue weighted by Gasteiger charge is -2.72. The normalized spacial score (nSPS) is 45.2. The Morgan fingerprint density at radius 2 is 1.72 bits per heavy atom. The predicted octanol–water partition coefficient (Wildman–Crippen LogP) is 9.04. The van der Waals surface area contributed by atoms with Gasteiger partial charge in [-0.3, -0.25) is 4.79 Å². The average Bonchev–Trinajstić information content (AvgIpc) is 3.61. The van der Waals surface area contributed by atoms with Gasteiger partial charge in [0.15, 0.2) is 0 Å². The quantitative estimate of drug-likeness (QED) is 0.249. The second-order valence-electron chi connectivity index (χ2n) is 19.7. The number of halogens is 1. The Morgan fingerprint density at radius 3 is 2.34 bits per heavy atom. The number of carbonyl (C=O) groups is 2. The van der Waals surface area contributed by atoms with Gasteiger partial charge < -0.3 is 20.2 Å². The van der Waals surface area contributed by atoms with Gasteiger partial charge in [-0.05, 0) is 146 Å². The molecule has 7 heteroatoms. The maximum absolute atomic E-state index is 14.0. The van der Waals surface area contributed by atoms with Crippen molar-refractivity contribution in [3.05, 3.63) is 35.5 Å². The van der Waals surface area contributed by atoms with E-state index in [1.54, 1.807) is 0 Å². The van der Waals surface area contributed by atoms with Crippen molar-refractivity contribution < 1.29 is 19.1 Å². The van der Waals surface area contributed by atoms with Crippen LogP contribution in [-0.2, 0) is 4.79 Å². The number of nitrogens with zero attached hydrogens (tertiary/aromatic N) is 2. The minimum absolute atomic E-state index is 0.00940. The predicted molar refractivity (Wildman–Crippen MR) is 198 cm³/mol. The molecular weight excluding hydrogens is 625 g/mol. The molecule has 0 aromatic carbocycles. The monoisotopic (exact) mass is 692 g/mol. The van der Waals surface area contributed by atoms with Gasteiger partial charge in [0.25, 0.3) is 0 Å². The van der Waals surface area contributed by atoms with E-state index >= 15 is 0 Å². The molecule has 0 bridgehead atoms. The van der Waals surface area contributed by atoms with Gasteiger partial charge in [-0.2, -0.15) is 0 Å². The number of amides is 2. The molecule has 6 nitrogen and oxygen atoms in total. The van der Waals surface area contributed by atoms with Gasteiger partial charge in [0.05, 0.1) is 5.41 Å². The molecule has 7 rings (SSSR count). The van der Waals surface area contributed by atoms with Crippen LogP contribution in [0.4, 0.5) is 9.18 Å². The number of carboxylic acid groups (broad SMARTS) is 1. The number of carboxylic acids is 1. The summed E-state index contributed by atoms with van der Waals surface area (Å²) in [5.74, 6) is 2.03. The molecule has 1 aliphatic heterocycles. The van der Waals surface area contributed by atoms with E-state index in [9.17, 15) is 19.1 Å². The van der Waals surface area contributed by atoms with Gasteiger partial charge in [-0.15, -0.1) is 0 Å². The maximum Gasteiger partial charge on any atom is 0.319 e. The summed E-state index contributed by atoms with van der Waals surface area (Å²) in [7, 11) is 1.91. The molecule has 2 N–H and O–H groups in total. The Hall–Kier alpha value is -2.15. The molecule has 10 atom stereocenters. The third-order valence-corrected chi connectivity index (χ3v) is 17.5. The Labute approximate surface area is 301 Å². The first-order valence-electron chi connectivity index (χ1n) is 20.1. The Balaban J connectivity index is 1.15. The third-order valence-electron chi connectivity index (χ3n) is 17.5. The molecule has 0 aromatic rings. The number of likely N-dealkylation sites (N-methyl/N-ethyl adjacent to an activating group) is 1. The van der Waals surface area contributed by atoms with Gasteiger partial charge in [0.1, 0.15) is 6.67 Å². The molecule has 4 saturated carbocycles. The number of urea groups is 1. The van der Waals surface area contributed by atoms with E-state index in [0.29, 0.717) is 48.9 Å². The summed E-state index contributed by atoms with van der Waals surface area (Å²) in [6.45, 7) is 22.3. The van der Waals surface area contributed by atoms with E-state index in [-0.39, 0.29) is 33.2 Å². The van der Waals surface area contributed by atoms with Crippen LogP contribution in [0.25, 0.3) is 0 Å². The third kappa shape index (κ3) is 5.00. The first kappa shape index (κ1) is 36.2. The molecule has 1 saturated heterocycles. The van der Waals surface area contributed by atoms with Crippen molar-refractivity contribution in [3.63, 3.8) is 0 Å². The van der Waals surface area contributed by atoms with Gasteiger partial charge in [0, 0.05) is 38.8 Å². The number of aliphatic carboxylic acids is 1. The molecular formula is C43H66FN3O3. The number of hydrogen-bond acceptors (Lipinski definition) is 3. The van der Waals surface area contributed by atoms with Crippen molar-refractivity contribution in [3.8, 4) is 0 Å². The first-order chi connectivity index (χ1) is 23.5. The van der Waals surface area contributed by atoms with Crippen LogP contribution in [0.5, 0.6) is 0 Å². The van der Waals surface area contributed by atoms with Crippen molar-refractivity contribution in [2.75, 3.05) is 39.9 Å². The SMILES string of the molecule is C=C(C)C1CC[C@]2(NCCN3CCN(C)C3=O)CC[C@]3(C)[C@H](CC[C@@H]4[C@@]5(C)CC=C(C6=CC[C@](CF)(C(=O)O)CC6)C(C)(C)[C@@H]5CC[C@]43C)[C@@H]12. The number of alkyl halides is 1. The molecule has 1 unspecified atom stereocenters.